The van der Waals surface area contributed by atoms with Crippen LogP contribution < -0.4 is 10.6 Å². The molecule has 0 aliphatic heterocycles. The number of aryl methyl sites for hydroxylation is 2. The summed E-state index contributed by atoms with van der Waals surface area (Å²) in [5, 5.41) is 7.36. The summed E-state index contributed by atoms with van der Waals surface area (Å²) in [6.07, 6.45) is 3.84. The van der Waals surface area contributed by atoms with Crippen molar-refractivity contribution in [1.29, 1.82) is 0 Å². The normalized spacial score (nSPS) is 16.0. The van der Waals surface area contributed by atoms with Gasteiger partial charge in [-0.2, -0.15) is 0 Å². The molecule has 0 saturated heterocycles. The van der Waals surface area contributed by atoms with E-state index in [1.54, 1.807) is 11.3 Å². The second kappa shape index (κ2) is 6.22. The molecular weight excluding hydrogens is 270 g/mol. The number of nitrogens with one attached hydrogen (secondary N) is 2. The van der Waals surface area contributed by atoms with Crippen LogP contribution in [0, 0.1) is 19.8 Å². The molecule has 1 amide bonds. The van der Waals surface area contributed by atoms with Crippen LogP contribution in [0.3, 0.4) is 0 Å². The summed E-state index contributed by atoms with van der Waals surface area (Å²) in [5.74, 6) is 0.784. The van der Waals surface area contributed by atoms with Crippen molar-refractivity contribution >= 4 is 17.2 Å². The van der Waals surface area contributed by atoms with E-state index in [2.05, 4.69) is 36.4 Å². The number of aromatic nitrogens is 1. The Morgan fingerprint density at radius 1 is 1.40 bits per heavy atom. The maximum atomic E-state index is 11.8. The van der Waals surface area contributed by atoms with Crippen molar-refractivity contribution in [2.45, 2.75) is 52.5 Å². The molecule has 1 aromatic rings. The zero-order valence-electron chi connectivity index (χ0n) is 12.9. The maximum absolute atomic E-state index is 11.8. The van der Waals surface area contributed by atoms with Crippen LogP contribution in [-0.4, -0.2) is 24.0 Å². The number of rotatable bonds is 6. The van der Waals surface area contributed by atoms with Crippen molar-refractivity contribution < 1.29 is 4.79 Å². The standard InChI is InChI=1S/C15H25N3OS/c1-10-11(2)20-14(18-10)15(3,4)17-9-13(19)16-8-12-6-5-7-12/h12,17H,5-9H2,1-4H3,(H,16,19). The van der Waals surface area contributed by atoms with Crippen LogP contribution in [0.2, 0.25) is 0 Å². The van der Waals surface area contributed by atoms with E-state index < -0.39 is 0 Å². The zero-order valence-corrected chi connectivity index (χ0v) is 13.7. The van der Waals surface area contributed by atoms with Gasteiger partial charge < -0.3 is 5.32 Å². The number of nitrogens with zero attached hydrogens (tertiary/aromatic N) is 1. The number of carbonyl (C=O) groups excluding carboxylic acids is 1. The maximum Gasteiger partial charge on any atom is 0.233 e. The van der Waals surface area contributed by atoms with Gasteiger partial charge in [0.25, 0.3) is 0 Å². The van der Waals surface area contributed by atoms with Gasteiger partial charge >= 0.3 is 0 Å². The van der Waals surface area contributed by atoms with Gasteiger partial charge in [0, 0.05) is 11.4 Å². The molecule has 5 heteroatoms. The molecule has 1 aliphatic rings. The van der Waals surface area contributed by atoms with Crippen molar-refractivity contribution in [3.8, 4) is 0 Å². The van der Waals surface area contributed by atoms with E-state index in [4.69, 9.17) is 0 Å². The van der Waals surface area contributed by atoms with Gasteiger partial charge in [-0.1, -0.05) is 6.42 Å². The SMILES string of the molecule is Cc1nc(C(C)(C)NCC(=O)NCC2CCC2)sc1C. The number of carbonyl (C=O) groups is 1. The van der Waals surface area contributed by atoms with E-state index in [0.29, 0.717) is 12.5 Å². The second-order valence-corrected chi connectivity index (χ2v) is 7.44. The lowest BCUT2D eigenvalue weighted by atomic mass is 9.85. The predicted octanol–water partition coefficient (Wildman–Crippen LogP) is 2.50. The highest BCUT2D eigenvalue weighted by Crippen LogP contribution is 2.27. The summed E-state index contributed by atoms with van der Waals surface area (Å²) in [6, 6.07) is 0. The molecule has 0 radical (unpaired) electrons. The van der Waals surface area contributed by atoms with Crippen LogP contribution in [0.25, 0.3) is 0 Å². The molecule has 112 valence electrons. The molecule has 0 unspecified atom stereocenters. The molecule has 1 aromatic heterocycles. The van der Waals surface area contributed by atoms with Crippen molar-refractivity contribution in [3.05, 3.63) is 15.6 Å². The fraction of sp³-hybridized carbons (Fsp3) is 0.733. The quantitative estimate of drug-likeness (QED) is 0.848. The predicted molar refractivity (Wildman–Crippen MR) is 83.0 cm³/mol. The lowest BCUT2D eigenvalue weighted by molar-refractivity contribution is -0.120. The Hall–Kier alpha value is -0.940. The van der Waals surface area contributed by atoms with Crippen LogP contribution in [0.4, 0.5) is 0 Å². The van der Waals surface area contributed by atoms with Gasteiger partial charge in [0.15, 0.2) is 0 Å². The van der Waals surface area contributed by atoms with Crippen LogP contribution in [0.15, 0.2) is 0 Å². The largest absolute Gasteiger partial charge is 0.355 e. The van der Waals surface area contributed by atoms with Gasteiger partial charge in [0.2, 0.25) is 5.91 Å². The fourth-order valence-corrected chi connectivity index (χ4v) is 3.13. The Bertz CT molecular complexity index is 458. The molecular formula is C15H25N3OS. The highest BCUT2D eigenvalue weighted by Gasteiger charge is 2.25. The molecule has 0 bridgehead atoms. The van der Waals surface area contributed by atoms with Crippen LogP contribution in [0.1, 0.15) is 48.7 Å². The molecule has 1 saturated carbocycles. The molecule has 0 atom stereocenters. The molecule has 2 N–H and O–H groups in total. The summed E-state index contributed by atoms with van der Waals surface area (Å²) in [4.78, 5) is 17.7. The first-order valence-electron chi connectivity index (χ1n) is 7.34. The monoisotopic (exact) mass is 295 g/mol. The van der Waals surface area contributed by atoms with Crippen LogP contribution in [0.5, 0.6) is 0 Å². The van der Waals surface area contributed by atoms with Gasteiger partial charge in [0.05, 0.1) is 17.8 Å². The summed E-state index contributed by atoms with van der Waals surface area (Å²) >= 11 is 1.70. The van der Waals surface area contributed by atoms with Gasteiger partial charge in [0.1, 0.15) is 5.01 Å². The Morgan fingerprint density at radius 3 is 2.60 bits per heavy atom. The topological polar surface area (TPSA) is 54.0 Å². The van der Waals surface area contributed by atoms with E-state index >= 15 is 0 Å². The molecule has 2 rings (SSSR count). The number of hydrogen-bond donors (Lipinski definition) is 2. The lowest BCUT2D eigenvalue weighted by Gasteiger charge is -2.26. The van der Waals surface area contributed by atoms with Gasteiger partial charge in [-0.05, 0) is 46.5 Å². The molecule has 1 fully saturated rings. The summed E-state index contributed by atoms with van der Waals surface area (Å²) in [6.45, 7) is 9.43. The Balaban J connectivity index is 1.80. The molecule has 4 nitrogen and oxygen atoms in total. The van der Waals surface area contributed by atoms with Crippen molar-refractivity contribution in [1.82, 2.24) is 15.6 Å². The molecule has 1 heterocycles. The number of thiazole rings is 1. The van der Waals surface area contributed by atoms with Gasteiger partial charge in [-0.15, -0.1) is 11.3 Å². The summed E-state index contributed by atoms with van der Waals surface area (Å²) in [7, 11) is 0. The minimum atomic E-state index is -0.266. The average Bonchev–Trinajstić information content (AvgIpc) is 2.66. The summed E-state index contributed by atoms with van der Waals surface area (Å²) < 4.78 is 0. The first-order valence-corrected chi connectivity index (χ1v) is 8.16. The number of hydrogen-bond acceptors (Lipinski definition) is 4. The average molecular weight is 295 g/mol. The highest BCUT2D eigenvalue weighted by atomic mass is 32.1. The molecule has 1 aliphatic carbocycles. The molecule has 0 aromatic carbocycles. The van der Waals surface area contributed by atoms with E-state index in [0.717, 1.165) is 17.2 Å². The third-order valence-corrected chi connectivity index (χ3v) is 5.46. The lowest BCUT2D eigenvalue weighted by Crippen LogP contribution is -2.44. The van der Waals surface area contributed by atoms with E-state index in [-0.39, 0.29) is 11.4 Å². The minimum absolute atomic E-state index is 0.0787. The van der Waals surface area contributed by atoms with E-state index in [1.807, 2.05) is 6.92 Å². The molecule has 20 heavy (non-hydrogen) atoms. The van der Waals surface area contributed by atoms with Crippen LogP contribution in [-0.2, 0) is 10.3 Å². The smallest absolute Gasteiger partial charge is 0.233 e. The first kappa shape index (κ1) is 15.4. The molecule has 0 spiro atoms. The second-order valence-electron chi connectivity index (χ2n) is 6.24. The Labute approximate surface area is 125 Å². The number of amides is 1. The van der Waals surface area contributed by atoms with E-state index in [1.165, 1.54) is 24.1 Å². The first-order chi connectivity index (χ1) is 9.38. The third-order valence-electron chi connectivity index (χ3n) is 4.07. The zero-order chi connectivity index (χ0) is 14.8. The minimum Gasteiger partial charge on any atom is -0.355 e. The third kappa shape index (κ3) is 3.79. The van der Waals surface area contributed by atoms with Crippen molar-refractivity contribution in [3.63, 3.8) is 0 Å². The Kier molecular flexibility index (Phi) is 4.81. The highest BCUT2D eigenvalue weighted by molar-refractivity contribution is 7.11. The Morgan fingerprint density at radius 2 is 2.10 bits per heavy atom. The van der Waals surface area contributed by atoms with Crippen molar-refractivity contribution in [2.75, 3.05) is 13.1 Å². The van der Waals surface area contributed by atoms with Crippen LogP contribution >= 0.6 is 11.3 Å². The van der Waals surface area contributed by atoms with Gasteiger partial charge in [-0.3, -0.25) is 10.1 Å². The fourth-order valence-electron chi connectivity index (χ4n) is 2.13. The van der Waals surface area contributed by atoms with Crippen molar-refractivity contribution in [2.24, 2.45) is 5.92 Å². The summed E-state index contributed by atoms with van der Waals surface area (Å²) in [5.41, 5.74) is 0.812. The van der Waals surface area contributed by atoms with E-state index in [9.17, 15) is 4.79 Å². The van der Waals surface area contributed by atoms with Gasteiger partial charge in [-0.25, -0.2) is 4.98 Å².